The lowest BCUT2D eigenvalue weighted by molar-refractivity contribution is -0.146. The summed E-state index contributed by atoms with van der Waals surface area (Å²) in [5, 5.41) is 18.4. The molecule has 2 N–H and O–H groups in total. The summed E-state index contributed by atoms with van der Waals surface area (Å²) in [6.07, 6.45) is 0.578. The lowest BCUT2D eigenvalue weighted by Gasteiger charge is -2.39. The van der Waals surface area contributed by atoms with E-state index >= 15 is 0 Å². The Morgan fingerprint density at radius 3 is 2.38 bits per heavy atom. The maximum atomic E-state index is 11.8. The van der Waals surface area contributed by atoms with E-state index in [2.05, 4.69) is 0 Å². The first-order chi connectivity index (χ1) is 7.39. The largest absolute Gasteiger partial charge is 0.481 e. The Kier molecular flexibility index (Phi) is 2.53. The van der Waals surface area contributed by atoms with Crippen molar-refractivity contribution in [3.63, 3.8) is 0 Å². The molecule has 0 bridgehead atoms. The second-order valence-corrected chi connectivity index (χ2v) is 4.89. The third-order valence-electron chi connectivity index (χ3n) is 3.22. The summed E-state index contributed by atoms with van der Waals surface area (Å²) in [7, 11) is 0. The first-order valence-corrected chi connectivity index (χ1v) is 5.38. The van der Waals surface area contributed by atoms with Gasteiger partial charge in [0.2, 0.25) is 0 Å². The Morgan fingerprint density at radius 1 is 1.31 bits per heavy atom. The van der Waals surface area contributed by atoms with Gasteiger partial charge in [-0.15, -0.1) is 0 Å². The monoisotopic (exact) mass is 228 g/mol. The number of amides is 2. The van der Waals surface area contributed by atoms with Crippen LogP contribution in [0.2, 0.25) is 0 Å². The fraction of sp³-hybridized carbons (Fsp3) is 0.800. The number of β-amino-alcohol motifs (C(OH)–C–C–N with tert-alkyl or cyclic N) is 1. The summed E-state index contributed by atoms with van der Waals surface area (Å²) in [5.41, 5.74) is -0.799. The molecule has 2 fully saturated rings. The lowest BCUT2D eigenvalue weighted by Crippen LogP contribution is -2.57. The van der Waals surface area contributed by atoms with Gasteiger partial charge in [-0.25, -0.2) is 4.79 Å². The smallest absolute Gasteiger partial charge is 0.320 e. The van der Waals surface area contributed by atoms with Gasteiger partial charge in [-0.3, -0.25) is 4.79 Å². The average molecular weight is 228 g/mol. The van der Waals surface area contributed by atoms with E-state index in [4.69, 9.17) is 5.11 Å². The molecule has 0 spiro atoms. The van der Waals surface area contributed by atoms with Crippen LogP contribution in [0, 0.1) is 5.92 Å². The first kappa shape index (κ1) is 11.2. The van der Waals surface area contributed by atoms with Crippen LogP contribution in [0.5, 0.6) is 0 Å². The number of carbonyl (C=O) groups is 2. The molecule has 0 radical (unpaired) electrons. The Balaban J connectivity index is 1.85. The number of rotatable bonds is 1. The maximum absolute atomic E-state index is 11.8. The Hall–Kier alpha value is -1.30. The predicted octanol–water partition coefficient (Wildman–Crippen LogP) is -0.421. The average Bonchev–Trinajstić information content (AvgIpc) is 2.42. The van der Waals surface area contributed by atoms with E-state index in [1.54, 1.807) is 11.8 Å². The van der Waals surface area contributed by atoms with Crippen LogP contribution in [0.25, 0.3) is 0 Å². The molecule has 1 unspecified atom stereocenters. The van der Waals surface area contributed by atoms with Crippen LogP contribution < -0.4 is 0 Å². The number of nitrogens with zero attached hydrogens (tertiary/aromatic N) is 2. The minimum atomic E-state index is -0.850. The van der Waals surface area contributed by atoms with Crippen LogP contribution in [-0.2, 0) is 4.79 Å². The summed E-state index contributed by atoms with van der Waals surface area (Å²) in [4.78, 5) is 25.5. The highest BCUT2D eigenvalue weighted by atomic mass is 16.4. The van der Waals surface area contributed by atoms with Gasteiger partial charge in [-0.2, -0.15) is 0 Å². The quantitative estimate of drug-likeness (QED) is 0.638. The number of hydrogen-bond donors (Lipinski definition) is 2. The molecule has 2 saturated heterocycles. The van der Waals surface area contributed by atoms with Crippen molar-refractivity contribution in [3.05, 3.63) is 0 Å². The van der Waals surface area contributed by atoms with Crippen molar-refractivity contribution < 1.29 is 19.8 Å². The molecule has 16 heavy (non-hydrogen) atoms. The maximum Gasteiger partial charge on any atom is 0.320 e. The van der Waals surface area contributed by atoms with Crippen molar-refractivity contribution >= 4 is 12.0 Å². The van der Waals surface area contributed by atoms with E-state index < -0.39 is 17.5 Å². The third kappa shape index (κ3) is 1.97. The van der Waals surface area contributed by atoms with Gasteiger partial charge in [-0.1, -0.05) is 0 Å². The number of carboxylic acids is 1. The minimum Gasteiger partial charge on any atom is -0.481 e. The lowest BCUT2D eigenvalue weighted by atomic mass is 10.0. The molecular weight excluding hydrogens is 212 g/mol. The van der Waals surface area contributed by atoms with Crippen LogP contribution in [-0.4, -0.2) is 63.8 Å². The highest BCUT2D eigenvalue weighted by molar-refractivity contribution is 5.80. The summed E-state index contributed by atoms with van der Waals surface area (Å²) in [5.74, 6) is -1.27. The molecule has 2 amide bonds. The van der Waals surface area contributed by atoms with Gasteiger partial charge >= 0.3 is 12.0 Å². The topological polar surface area (TPSA) is 81.1 Å². The number of carbonyl (C=O) groups excluding carboxylic acids is 1. The third-order valence-corrected chi connectivity index (χ3v) is 3.22. The van der Waals surface area contributed by atoms with Gasteiger partial charge in [0.15, 0.2) is 0 Å². The van der Waals surface area contributed by atoms with Crippen LogP contribution in [0.3, 0.4) is 0 Å². The van der Waals surface area contributed by atoms with Crippen LogP contribution in [0.1, 0.15) is 13.3 Å². The molecule has 1 atom stereocenters. The zero-order valence-corrected chi connectivity index (χ0v) is 9.22. The minimum absolute atomic E-state index is 0.157. The van der Waals surface area contributed by atoms with E-state index in [-0.39, 0.29) is 19.1 Å². The molecule has 6 nitrogen and oxygen atoms in total. The fourth-order valence-corrected chi connectivity index (χ4v) is 2.10. The van der Waals surface area contributed by atoms with Crippen molar-refractivity contribution in [2.75, 3.05) is 26.2 Å². The first-order valence-electron chi connectivity index (χ1n) is 5.38. The molecule has 0 aliphatic carbocycles. The second-order valence-electron chi connectivity index (χ2n) is 4.89. The number of aliphatic carboxylic acids is 1. The summed E-state index contributed by atoms with van der Waals surface area (Å²) in [6.45, 7) is 3.15. The molecule has 2 aliphatic heterocycles. The van der Waals surface area contributed by atoms with Gasteiger partial charge < -0.3 is 20.0 Å². The normalized spacial score (nSPS) is 30.4. The Morgan fingerprint density at radius 2 is 1.94 bits per heavy atom. The van der Waals surface area contributed by atoms with Gasteiger partial charge in [0, 0.05) is 19.6 Å². The van der Waals surface area contributed by atoms with E-state index in [0.29, 0.717) is 19.5 Å². The molecule has 90 valence electrons. The van der Waals surface area contributed by atoms with Gasteiger partial charge in [0.25, 0.3) is 0 Å². The van der Waals surface area contributed by atoms with Crippen molar-refractivity contribution in [2.24, 2.45) is 5.92 Å². The molecule has 0 saturated carbocycles. The van der Waals surface area contributed by atoms with Crippen LogP contribution in [0.4, 0.5) is 4.79 Å². The van der Waals surface area contributed by atoms with E-state index in [1.807, 2.05) is 0 Å². The molecule has 2 heterocycles. The van der Waals surface area contributed by atoms with Crippen LogP contribution in [0.15, 0.2) is 0 Å². The van der Waals surface area contributed by atoms with Gasteiger partial charge in [-0.05, 0) is 13.3 Å². The van der Waals surface area contributed by atoms with Crippen LogP contribution >= 0.6 is 0 Å². The predicted molar refractivity (Wildman–Crippen MR) is 54.9 cm³/mol. The Labute approximate surface area is 93.4 Å². The SMILES string of the molecule is CC1(O)CCN(C(=O)N2CC(C(=O)O)C2)C1. The molecule has 6 heteroatoms. The summed E-state index contributed by atoms with van der Waals surface area (Å²) < 4.78 is 0. The molecule has 2 aliphatic rings. The van der Waals surface area contributed by atoms with Gasteiger partial charge in [0.05, 0.1) is 18.1 Å². The van der Waals surface area contributed by atoms with E-state index in [0.717, 1.165) is 0 Å². The molecule has 0 aromatic rings. The van der Waals surface area contributed by atoms with Crippen molar-refractivity contribution in [3.8, 4) is 0 Å². The number of urea groups is 1. The fourth-order valence-electron chi connectivity index (χ4n) is 2.10. The molecule has 0 aromatic carbocycles. The summed E-state index contributed by atoms with van der Waals surface area (Å²) in [6, 6.07) is -0.157. The second kappa shape index (κ2) is 3.62. The highest BCUT2D eigenvalue weighted by Crippen LogP contribution is 2.24. The number of likely N-dealkylation sites (tertiary alicyclic amines) is 2. The zero-order chi connectivity index (χ0) is 11.9. The van der Waals surface area contributed by atoms with Crippen molar-refractivity contribution in [1.29, 1.82) is 0 Å². The molecular formula is C10H16N2O4. The van der Waals surface area contributed by atoms with Crippen molar-refractivity contribution in [2.45, 2.75) is 18.9 Å². The Bertz CT molecular complexity index is 323. The standard InChI is InChI=1S/C10H16N2O4/c1-10(16)2-3-11(6-10)9(15)12-4-7(5-12)8(13)14/h7,16H,2-6H2,1H3,(H,13,14). The zero-order valence-electron chi connectivity index (χ0n) is 9.22. The summed E-state index contributed by atoms with van der Waals surface area (Å²) >= 11 is 0. The van der Waals surface area contributed by atoms with Crippen molar-refractivity contribution in [1.82, 2.24) is 9.80 Å². The number of hydrogen-bond acceptors (Lipinski definition) is 3. The number of carboxylic acid groups (broad SMARTS) is 1. The van der Waals surface area contributed by atoms with E-state index in [9.17, 15) is 14.7 Å². The van der Waals surface area contributed by atoms with E-state index in [1.165, 1.54) is 4.90 Å². The molecule has 0 aromatic heterocycles. The number of aliphatic hydroxyl groups is 1. The molecule has 2 rings (SSSR count). The van der Waals surface area contributed by atoms with Gasteiger partial charge in [0.1, 0.15) is 0 Å². The highest BCUT2D eigenvalue weighted by Gasteiger charge is 2.41.